The molecule has 0 spiro atoms. The van der Waals surface area contributed by atoms with Crippen molar-refractivity contribution in [1.82, 2.24) is 0 Å². The minimum absolute atomic E-state index is 0.283. The van der Waals surface area contributed by atoms with Crippen LogP contribution >= 0.6 is 0 Å². The van der Waals surface area contributed by atoms with Gasteiger partial charge in [-0.3, -0.25) is 4.79 Å². The van der Waals surface area contributed by atoms with Crippen molar-refractivity contribution < 1.29 is 4.79 Å². The Kier molecular flexibility index (Phi) is 9.02. The second-order valence-electron chi connectivity index (χ2n) is 4.29. The van der Waals surface area contributed by atoms with Crippen LogP contribution in [-0.4, -0.2) is 5.78 Å². The fourth-order valence-corrected chi connectivity index (χ4v) is 1.55. The maximum absolute atomic E-state index is 11.5. The molecule has 0 heterocycles. The third-order valence-corrected chi connectivity index (χ3v) is 2.94. The molecule has 1 nitrogen and oxygen atoms in total. The second-order valence-corrected chi connectivity index (χ2v) is 4.29. The Labute approximate surface area is 89.3 Å². The molecule has 84 valence electrons. The normalized spacial score (nSPS) is 12.8. The zero-order valence-electron chi connectivity index (χ0n) is 10.1. The van der Waals surface area contributed by atoms with Gasteiger partial charge in [0.15, 0.2) is 0 Å². The predicted molar refractivity (Wildman–Crippen MR) is 62.5 cm³/mol. The molecule has 0 rings (SSSR count). The maximum Gasteiger partial charge on any atom is 0.135 e. The van der Waals surface area contributed by atoms with Crippen molar-refractivity contribution in [2.75, 3.05) is 0 Å². The number of hydrogen-bond donors (Lipinski definition) is 0. The van der Waals surface area contributed by atoms with E-state index >= 15 is 0 Å². The first-order valence-corrected chi connectivity index (χ1v) is 6.25. The van der Waals surface area contributed by atoms with Crippen LogP contribution in [0.2, 0.25) is 0 Å². The Morgan fingerprint density at radius 1 is 1.00 bits per heavy atom. The summed E-state index contributed by atoms with van der Waals surface area (Å²) in [5.74, 6) is 0.744. The van der Waals surface area contributed by atoms with Gasteiger partial charge in [-0.05, 0) is 12.8 Å². The zero-order valence-corrected chi connectivity index (χ0v) is 10.1. The molecule has 0 saturated carbocycles. The fourth-order valence-electron chi connectivity index (χ4n) is 1.55. The van der Waals surface area contributed by atoms with E-state index in [1.165, 1.54) is 32.1 Å². The molecule has 14 heavy (non-hydrogen) atoms. The molecule has 0 aliphatic carbocycles. The predicted octanol–water partition coefficient (Wildman–Crippen LogP) is 4.35. The Hall–Kier alpha value is -0.330. The summed E-state index contributed by atoms with van der Waals surface area (Å²) in [7, 11) is 0. The van der Waals surface area contributed by atoms with E-state index in [-0.39, 0.29) is 5.92 Å². The van der Waals surface area contributed by atoms with Crippen LogP contribution in [0.3, 0.4) is 0 Å². The van der Waals surface area contributed by atoms with Crippen molar-refractivity contribution >= 4 is 5.78 Å². The number of hydrogen-bond acceptors (Lipinski definition) is 1. The summed E-state index contributed by atoms with van der Waals surface area (Å²) in [6.45, 7) is 6.36. The van der Waals surface area contributed by atoms with E-state index in [1.54, 1.807) is 0 Å². The molecule has 0 saturated heterocycles. The molecule has 0 aliphatic heterocycles. The van der Waals surface area contributed by atoms with Crippen LogP contribution in [-0.2, 0) is 4.79 Å². The van der Waals surface area contributed by atoms with Crippen molar-refractivity contribution in [2.45, 2.75) is 72.1 Å². The molecule has 1 heteroatoms. The van der Waals surface area contributed by atoms with Crippen LogP contribution < -0.4 is 0 Å². The Balaban J connectivity index is 3.23. The van der Waals surface area contributed by atoms with Gasteiger partial charge in [0.1, 0.15) is 5.78 Å². The monoisotopic (exact) mass is 198 g/mol. The Bertz CT molecular complexity index is 140. The molecule has 0 amide bonds. The lowest BCUT2D eigenvalue weighted by Gasteiger charge is -2.06. The lowest BCUT2D eigenvalue weighted by molar-refractivity contribution is -0.122. The SMILES string of the molecule is CCCCCCCCC(=O)[C@@H](C)CC. The molecular weight excluding hydrogens is 172 g/mol. The topological polar surface area (TPSA) is 17.1 Å². The molecule has 0 unspecified atom stereocenters. The van der Waals surface area contributed by atoms with Crippen LogP contribution in [0.4, 0.5) is 0 Å². The summed E-state index contributed by atoms with van der Waals surface area (Å²) >= 11 is 0. The molecule has 0 N–H and O–H groups in total. The van der Waals surface area contributed by atoms with E-state index in [9.17, 15) is 4.79 Å². The number of carbonyl (C=O) groups is 1. The van der Waals surface area contributed by atoms with Crippen molar-refractivity contribution in [3.8, 4) is 0 Å². The van der Waals surface area contributed by atoms with E-state index in [0.717, 1.165) is 19.3 Å². The molecule has 0 radical (unpaired) electrons. The summed E-state index contributed by atoms with van der Waals surface area (Å²) in [6, 6.07) is 0. The zero-order chi connectivity index (χ0) is 10.8. The lowest BCUT2D eigenvalue weighted by atomic mass is 9.98. The van der Waals surface area contributed by atoms with Crippen LogP contribution in [0.15, 0.2) is 0 Å². The Morgan fingerprint density at radius 2 is 1.57 bits per heavy atom. The molecule has 1 atom stereocenters. The highest BCUT2D eigenvalue weighted by Gasteiger charge is 2.09. The molecule has 0 aromatic carbocycles. The van der Waals surface area contributed by atoms with Gasteiger partial charge in [0.2, 0.25) is 0 Å². The van der Waals surface area contributed by atoms with E-state index in [2.05, 4.69) is 13.8 Å². The first kappa shape index (κ1) is 13.7. The molecule has 0 aromatic rings. The summed E-state index contributed by atoms with van der Waals surface area (Å²) in [5, 5.41) is 0. The van der Waals surface area contributed by atoms with Gasteiger partial charge < -0.3 is 0 Å². The lowest BCUT2D eigenvalue weighted by Crippen LogP contribution is -2.09. The maximum atomic E-state index is 11.5. The molecule has 0 fully saturated rings. The van der Waals surface area contributed by atoms with Crippen LogP contribution in [0.1, 0.15) is 72.1 Å². The molecule has 0 aromatic heterocycles. The summed E-state index contributed by atoms with van der Waals surface area (Å²) in [4.78, 5) is 11.5. The standard InChI is InChI=1S/C13H26O/c1-4-6-7-8-9-10-11-13(14)12(3)5-2/h12H,4-11H2,1-3H3/t12-/m0/s1. The van der Waals surface area contributed by atoms with E-state index < -0.39 is 0 Å². The number of rotatable bonds is 9. The quantitative estimate of drug-likeness (QED) is 0.503. The van der Waals surface area contributed by atoms with Gasteiger partial charge in [0.25, 0.3) is 0 Å². The van der Waals surface area contributed by atoms with Gasteiger partial charge in [-0.1, -0.05) is 52.9 Å². The molecule has 0 aliphatic rings. The van der Waals surface area contributed by atoms with E-state index in [0.29, 0.717) is 5.78 Å². The minimum atomic E-state index is 0.283. The van der Waals surface area contributed by atoms with Gasteiger partial charge >= 0.3 is 0 Å². The van der Waals surface area contributed by atoms with Crippen LogP contribution in [0.5, 0.6) is 0 Å². The van der Waals surface area contributed by atoms with E-state index in [1.807, 2.05) is 6.92 Å². The largest absolute Gasteiger partial charge is 0.299 e. The average molecular weight is 198 g/mol. The fraction of sp³-hybridized carbons (Fsp3) is 0.923. The highest BCUT2D eigenvalue weighted by atomic mass is 16.1. The first-order valence-electron chi connectivity index (χ1n) is 6.25. The van der Waals surface area contributed by atoms with E-state index in [4.69, 9.17) is 0 Å². The number of ketones is 1. The third-order valence-electron chi connectivity index (χ3n) is 2.94. The highest BCUT2D eigenvalue weighted by molar-refractivity contribution is 5.80. The van der Waals surface area contributed by atoms with Gasteiger partial charge in [0, 0.05) is 12.3 Å². The van der Waals surface area contributed by atoms with Crippen molar-refractivity contribution in [3.05, 3.63) is 0 Å². The van der Waals surface area contributed by atoms with Crippen molar-refractivity contribution in [2.24, 2.45) is 5.92 Å². The van der Waals surface area contributed by atoms with Crippen LogP contribution in [0, 0.1) is 5.92 Å². The summed E-state index contributed by atoms with van der Waals surface area (Å²) in [6.07, 6.45) is 9.44. The second kappa shape index (κ2) is 9.23. The Morgan fingerprint density at radius 3 is 2.14 bits per heavy atom. The summed E-state index contributed by atoms with van der Waals surface area (Å²) < 4.78 is 0. The average Bonchev–Trinajstić information content (AvgIpc) is 2.21. The highest BCUT2D eigenvalue weighted by Crippen LogP contribution is 2.11. The minimum Gasteiger partial charge on any atom is -0.299 e. The van der Waals surface area contributed by atoms with Gasteiger partial charge in [-0.2, -0.15) is 0 Å². The smallest absolute Gasteiger partial charge is 0.135 e. The first-order chi connectivity index (χ1) is 6.72. The third kappa shape index (κ3) is 7.11. The number of carbonyl (C=O) groups excluding carboxylic acids is 1. The molecular formula is C13H26O. The number of Topliss-reactive ketones (excluding diaryl/α,β-unsaturated/α-hetero) is 1. The van der Waals surface area contributed by atoms with Gasteiger partial charge in [-0.25, -0.2) is 0 Å². The van der Waals surface area contributed by atoms with Gasteiger partial charge in [-0.15, -0.1) is 0 Å². The van der Waals surface area contributed by atoms with Crippen molar-refractivity contribution in [1.29, 1.82) is 0 Å². The van der Waals surface area contributed by atoms with Crippen LogP contribution in [0.25, 0.3) is 0 Å². The van der Waals surface area contributed by atoms with Crippen molar-refractivity contribution in [3.63, 3.8) is 0 Å². The van der Waals surface area contributed by atoms with Gasteiger partial charge in [0.05, 0.1) is 0 Å². The molecule has 0 bridgehead atoms. The number of unbranched alkanes of at least 4 members (excludes halogenated alkanes) is 5. The summed E-state index contributed by atoms with van der Waals surface area (Å²) in [5.41, 5.74) is 0.